The molecule has 3 aromatic rings. The summed E-state index contributed by atoms with van der Waals surface area (Å²) in [6, 6.07) is 18.4. The van der Waals surface area contributed by atoms with Crippen LogP contribution in [0.4, 0.5) is 11.4 Å². The number of esters is 1. The third-order valence-electron chi connectivity index (χ3n) is 8.61. The Balaban J connectivity index is 1.34. The van der Waals surface area contributed by atoms with Gasteiger partial charge in [0.25, 0.3) is 0 Å². The number of ether oxygens (including phenoxy) is 2. The largest absolute Gasteiger partial charge is 0.456 e. The van der Waals surface area contributed by atoms with Crippen LogP contribution in [0.3, 0.4) is 0 Å². The zero-order valence-corrected chi connectivity index (χ0v) is 23.4. The lowest BCUT2D eigenvalue weighted by Crippen LogP contribution is -2.33. The minimum Gasteiger partial charge on any atom is -0.456 e. The molecule has 0 bridgehead atoms. The average Bonchev–Trinajstić information content (AvgIpc) is 3.59. The van der Waals surface area contributed by atoms with Crippen LogP contribution in [0.2, 0.25) is 0 Å². The molecule has 1 atom stereocenters. The Kier molecular flexibility index (Phi) is 7.24. The number of unbranched alkanes of at least 4 members (excludes halogenated alkanes) is 6. The van der Waals surface area contributed by atoms with Gasteiger partial charge in [0.2, 0.25) is 0 Å². The lowest BCUT2D eigenvalue weighted by molar-refractivity contribution is 0.0224. The molecular formula is C34H40N2O3. The summed E-state index contributed by atoms with van der Waals surface area (Å²) in [6.07, 6.45) is 11.4. The van der Waals surface area contributed by atoms with E-state index < -0.39 is 5.60 Å². The van der Waals surface area contributed by atoms with E-state index in [1.54, 1.807) is 0 Å². The summed E-state index contributed by atoms with van der Waals surface area (Å²) in [6.45, 7) is 7.42. The number of hydrogen-bond acceptors (Lipinski definition) is 5. The predicted octanol–water partition coefficient (Wildman–Crippen LogP) is 8.33. The van der Waals surface area contributed by atoms with Crippen molar-refractivity contribution >= 4 is 17.3 Å². The Bertz CT molecular complexity index is 1360. The molecule has 39 heavy (non-hydrogen) atoms. The summed E-state index contributed by atoms with van der Waals surface area (Å²) in [5, 5.41) is 3.67. The van der Waals surface area contributed by atoms with E-state index in [4.69, 9.17) is 9.47 Å². The number of fused-ring (bicyclic) bond motifs is 6. The molecule has 5 nitrogen and oxygen atoms in total. The maximum Gasteiger partial charge on any atom is 0.340 e. The third kappa shape index (κ3) is 4.66. The quantitative estimate of drug-likeness (QED) is 0.213. The van der Waals surface area contributed by atoms with Crippen LogP contribution in [-0.2, 0) is 10.3 Å². The summed E-state index contributed by atoms with van der Waals surface area (Å²) >= 11 is 0. The van der Waals surface area contributed by atoms with Crippen molar-refractivity contribution in [2.75, 3.05) is 29.9 Å². The standard InChI is InChI=1S/C34H40N2O3/c1-3-4-5-6-7-8-11-18-35-30-23-29-31(21-24(30)2)38-32-22-25(36-19-12-13-20-36)16-17-28(32)34(29)27-15-10-9-14-26(27)33(37)39-34/h9-10,14-17,21-23,35H,3-8,11-13,18-20H2,1-2H3. The molecule has 3 heterocycles. The first-order valence-corrected chi connectivity index (χ1v) is 14.9. The van der Waals surface area contributed by atoms with Crippen molar-refractivity contribution in [1.82, 2.24) is 0 Å². The second kappa shape index (κ2) is 11.0. The van der Waals surface area contributed by atoms with Crippen LogP contribution in [-0.4, -0.2) is 25.6 Å². The van der Waals surface area contributed by atoms with Crippen LogP contribution in [0.1, 0.15) is 97.3 Å². The molecule has 0 saturated carbocycles. The first-order valence-electron chi connectivity index (χ1n) is 14.9. The van der Waals surface area contributed by atoms with Gasteiger partial charge in [0.1, 0.15) is 11.5 Å². The zero-order chi connectivity index (χ0) is 26.8. The molecule has 1 N–H and O–H groups in total. The maximum absolute atomic E-state index is 13.2. The Morgan fingerprint density at radius 1 is 0.846 bits per heavy atom. The molecule has 1 saturated heterocycles. The Morgan fingerprint density at radius 3 is 2.41 bits per heavy atom. The van der Waals surface area contributed by atoms with Gasteiger partial charge in [-0.05, 0) is 62.1 Å². The number of anilines is 2. The van der Waals surface area contributed by atoms with E-state index in [0.29, 0.717) is 5.56 Å². The minimum atomic E-state index is -1.02. The predicted molar refractivity (Wildman–Crippen MR) is 157 cm³/mol. The first-order chi connectivity index (χ1) is 19.1. The Hall–Kier alpha value is -3.47. The van der Waals surface area contributed by atoms with E-state index in [9.17, 15) is 4.79 Å². The highest BCUT2D eigenvalue weighted by Crippen LogP contribution is 2.57. The highest BCUT2D eigenvalue weighted by molar-refractivity contribution is 5.97. The second-order valence-electron chi connectivity index (χ2n) is 11.3. The lowest BCUT2D eigenvalue weighted by atomic mass is 9.77. The van der Waals surface area contributed by atoms with E-state index in [0.717, 1.165) is 71.2 Å². The van der Waals surface area contributed by atoms with Crippen molar-refractivity contribution in [3.63, 3.8) is 0 Å². The third-order valence-corrected chi connectivity index (χ3v) is 8.61. The molecule has 1 fully saturated rings. The van der Waals surface area contributed by atoms with Gasteiger partial charge in [-0.15, -0.1) is 0 Å². The molecule has 3 aromatic carbocycles. The number of carbonyl (C=O) groups is 1. The monoisotopic (exact) mass is 524 g/mol. The van der Waals surface area contributed by atoms with Gasteiger partial charge < -0.3 is 19.7 Å². The van der Waals surface area contributed by atoms with Gasteiger partial charge in [0, 0.05) is 53.8 Å². The zero-order valence-electron chi connectivity index (χ0n) is 23.4. The number of nitrogens with one attached hydrogen (secondary N) is 1. The van der Waals surface area contributed by atoms with Crippen LogP contribution in [0.5, 0.6) is 11.5 Å². The van der Waals surface area contributed by atoms with E-state index in [1.165, 1.54) is 51.4 Å². The lowest BCUT2D eigenvalue weighted by Gasteiger charge is -2.37. The Labute approximate surface area is 232 Å². The number of benzene rings is 3. The van der Waals surface area contributed by atoms with Crippen molar-refractivity contribution < 1.29 is 14.3 Å². The molecule has 1 unspecified atom stereocenters. The van der Waals surface area contributed by atoms with Crippen molar-refractivity contribution in [3.05, 3.63) is 82.4 Å². The topological polar surface area (TPSA) is 50.8 Å². The molecule has 0 radical (unpaired) electrons. The van der Waals surface area contributed by atoms with Gasteiger partial charge in [-0.2, -0.15) is 0 Å². The summed E-state index contributed by atoms with van der Waals surface area (Å²) in [4.78, 5) is 15.6. The van der Waals surface area contributed by atoms with Crippen LogP contribution in [0, 0.1) is 6.92 Å². The van der Waals surface area contributed by atoms with E-state index in [-0.39, 0.29) is 5.97 Å². The average molecular weight is 525 g/mol. The molecule has 204 valence electrons. The van der Waals surface area contributed by atoms with E-state index in [2.05, 4.69) is 54.4 Å². The van der Waals surface area contributed by atoms with Gasteiger partial charge in [-0.3, -0.25) is 0 Å². The minimum absolute atomic E-state index is 0.286. The number of hydrogen-bond donors (Lipinski definition) is 1. The fourth-order valence-electron chi connectivity index (χ4n) is 6.48. The van der Waals surface area contributed by atoms with Gasteiger partial charge >= 0.3 is 5.97 Å². The fourth-order valence-corrected chi connectivity index (χ4v) is 6.48. The molecule has 1 spiro atoms. The van der Waals surface area contributed by atoms with Crippen LogP contribution in [0.15, 0.2) is 54.6 Å². The summed E-state index contributed by atoms with van der Waals surface area (Å²) in [5.74, 6) is 1.23. The van der Waals surface area contributed by atoms with Crippen molar-refractivity contribution in [1.29, 1.82) is 0 Å². The van der Waals surface area contributed by atoms with Crippen molar-refractivity contribution in [2.24, 2.45) is 0 Å². The number of rotatable bonds is 10. The highest BCUT2D eigenvalue weighted by Gasteiger charge is 2.53. The first kappa shape index (κ1) is 25.8. The summed E-state index contributed by atoms with van der Waals surface area (Å²) in [5.41, 5.74) is 5.61. The van der Waals surface area contributed by atoms with E-state index >= 15 is 0 Å². The van der Waals surface area contributed by atoms with Crippen molar-refractivity contribution in [2.45, 2.75) is 77.2 Å². The van der Waals surface area contributed by atoms with Crippen LogP contribution in [0.25, 0.3) is 0 Å². The SMILES string of the molecule is CCCCCCCCCNc1cc2c(cc1C)Oc1cc(N3CCCC3)ccc1C21OC(=O)c2ccccc21. The van der Waals surface area contributed by atoms with Gasteiger partial charge in [-0.1, -0.05) is 63.6 Å². The van der Waals surface area contributed by atoms with E-state index in [1.807, 2.05) is 24.3 Å². The number of aryl methyl sites for hydroxylation is 1. The molecule has 6 rings (SSSR count). The number of carbonyl (C=O) groups excluding carboxylic acids is 1. The molecule has 5 heteroatoms. The van der Waals surface area contributed by atoms with Gasteiger partial charge in [0.15, 0.2) is 5.60 Å². The van der Waals surface area contributed by atoms with Gasteiger partial charge in [-0.25, -0.2) is 4.79 Å². The fraction of sp³-hybridized carbons (Fsp3) is 0.441. The summed E-state index contributed by atoms with van der Waals surface area (Å²) < 4.78 is 13.0. The molecular weight excluding hydrogens is 484 g/mol. The van der Waals surface area contributed by atoms with Gasteiger partial charge in [0.05, 0.1) is 5.56 Å². The van der Waals surface area contributed by atoms with Crippen LogP contribution >= 0.6 is 0 Å². The molecule has 3 aliphatic rings. The smallest absolute Gasteiger partial charge is 0.340 e. The molecule has 0 amide bonds. The highest BCUT2D eigenvalue weighted by atomic mass is 16.6. The molecule has 3 aliphatic heterocycles. The second-order valence-corrected chi connectivity index (χ2v) is 11.3. The summed E-state index contributed by atoms with van der Waals surface area (Å²) in [7, 11) is 0. The normalized spacial score (nSPS) is 18.9. The van der Waals surface area contributed by atoms with Crippen LogP contribution < -0.4 is 15.0 Å². The maximum atomic E-state index is 13.2. The molecule has 0 aliphatic carbocycles. The van der Waals surface area contributed by atoms with Crippen molar-refractivity contribution in [3.8, 4) is 11.5 Å². The number of nitrogens with zero attached hydrogens (tertiary/aromatic N) is 1. The Morgan fingerprint density at radius 2 is 1.59 bits per heavy atom. The molecule has 0 aromatic heterocycles.